The van der Waals surface area contributed by atoms with Crippen molar-refractivity contribution in [2.24, 2.45) is 11.8 Å². The predicted octanol–water partition coefficient (Wildman–Crippen LogP) is 3.76. The van der Waals surface area contributed by atoms with Gasteiger partial charge in [0.2, 0.25) is 0 Å². The Kier molecular flexibility index (Phi) is 3.74. The molecular weight excluding hydrogens is 222 g/mol. The minimum absolute atomic E-state index is 0.134. The molecule has 18 heavy (non-hydrogen) atoms. The zero-order chi connectivity index (χ0) is 13.3. The molecule has 3 atom stereocenters. The average molecular weight is 245 g/mol. The number of carbonyl (C=O) groups is 1. The Bertz CT molecular complexity index is 423. The molecule has 0 aliphatic carbocycles. The van der Waals surface area contributed by atoms with Crippen molar-refractivity contribution in [2.75, 3.05) is 11.4 Å². The van der Waals surface area contributed by atoms with Gasteiger partial charge in [-0.2, -0.15) is 0 Å². The second-order valence-electron chi connectivity index (χ2n) is 5.81. The fourth-order valence-electron chi connectivity index (χ4n) is 2.94. The van der Waals surface area contributed by atoms with Gasteiger partial charge in [-0.25, -0.2) is 0 Å². The van der Waals surface area contributed by atoms with E-state index < -0.39 is 0 Å². The lowest BCUT2D eigenvalue weighted by Gasteiger charge is -2.42. The topological polar surface area (TPSA) is 20.3 Å². The smallest absolute Gasteiger partial charge is 0.159 e. The van der Waals surface area contributed by atoms with Crippen LogP contribution in [0.15, 0.2) is 24.3 Å². The number of Topliss-reactive ketones (excluding diaryl/α,β-unsaturated/α-hetero) is 1. The highest BCUT2D eigenvalue weighted by atomic mass is 16.1. The first-order valence-electron chi connectivity index (χ1n) is 6.86. The fraction of sp³-hybridized carbons (Fsp3) is 0.562. The van der Waals surface area contributed by atoms with Gasteiger partial charge >= 0.3 is 0 Å². The molecule has 1 fully saturated rings. The highest BCUT2D eigenvalue weighted by molar-refractivity contribution is 5.94. The highest BCUT2D eigenvalue weighted by Crippen LogP contribution is 2.31. The second-order valence-corrected chi connectivity index (χ2v) is 5.81. The Hall–Kier alpha value is -1.31. The molecular formula is C16H23NO. The van der Waals surface area contributed by atoms with Gasteiger partial charge in [0.05, 0.1) is 0 Å². The van der Waals surface area contributed by atoms with Crippen LogP contribution >= 0.6 is 0 Å². The van der Waals surface area contributed by atoms with Crippen molar-refractivity contribution in [3.63, 3.8) is 0 Å². The molecule has 1 aromatic carbocycles. The third kappa shape index (κ3) is 2.58. The third-order valence-corrected chi connectivity index (χ3v) is 4.20. The van der Waals surface area contributed by atoms with Crippen molar-refractivity contribution in [3.8, 4) is 0 Å². The maximum Gasteiger partial charge on any atom is 0.159 e. The summed E-state index contributed by atoms with van der Waals surface area (Å²) >= 11 is 0. The summed E-state index contributed by atoms with van der Waals surface area (Å²) in [5, 5.41) is 0. The molecule has 3 unspecified atom stereocenters. The van der Waals surface area contributed by atoms with Crippen LogP contribution in [0.1, 0.15) is 44.5 Å². The van der Waals surface area contributed by atoms with E-state index in [1.165, 1.54) is 12.1 Å². The SMILES string of the molecule is CC(=O)c1ccc(N2CC(C)CC(C)C2C)cc1. The molecule has 0 bridgehead atoms. The van der Waals surface area contributed by atoms with E-state index in [1.807, 2.05) is 12.1 Å². The van der Waals surface area contributed by atoms with Gasteiger partial charge in [0.25, 0.3) is 0 Å². The van der Waals surface area contributed by atoms with E-state index in [4.69, 9.17) is 0 Å². The highest BCUT2D eigenvalue weighted by Gasteiger charge is 2.28. The van der Waals surface area contributed by atoms with Gasteiger partial charge in [0.1, 0.15) is 0 Å². The molecule has 98 valence electrons. The van der Waals surface area contributed by atoms with Crippen LogP contribution in [0.5, 0.6) is 0 Å². The lowest BCUT2D eigenvalue weighted by molar-refractivity contribution is 0.101. The van der Waals surface area contributed by atoms with E-state index in [2.05, 4.69) is 37.8 Å². The number of piperidine rings is 1. The molecule has 1 saturated heterocycles. The summed E-state index contributed by atoms with van der Waals surface area (Å²) in [5.74, 6) is 1.60. The average Bonchev–Trinajstić information content (AvgIpc) is 2.34. The number of anilines is 1. The lowest BCUT2D eigenvalue weighted by atomic mass is 9.85. The maximum atomic E-state index is 11.3. The van der Waals surface area contributed by atoms with E-state index in [9.17, 15) is 4.79 Å². The van der Waals surface area contributed by atoms with Crippen LogP contribution in [0.4, 0.5) is 5.69 Å². The number of nitrogens with zero attached hydrogens (tertiary/aromatic N) is 1. The number of benzene rings is 1. The normalized spacial score (nSPS) is 28.2. The van der Waals surface area contributed by atoms with E-state index >= 15 is 0 Å². The molecule has 0 spiro atoms. The van der Waals surface area contributed by atoms with Crippen LogP contribution in [0.3, 0.4) is 0 Å². The Morgan fingerprint density at radius 3 is 2.33 bits per heavy atom. The Morgan fingerprint density at radius 1 is 1.17 bits per heavy atom. The summed E-state index contributed by atoms with van der Waals surface area (Å²) in [4.78, 5) is 13.8. The van der Waals surface area contributed by atoms with Gasteiger partial charge in [-0.1, -0.05) is 13.8 Å². The Morgan fingerprint density at radius 2 is 1.78 bits per heavy atom. The number of hydrogen-bond donors (Lipinski definition) is 0. The van der Waals surface area contributed by atoms with E-state index in [0.29, 0.717) is 6.04 Å². The van der Waals surface area contributed by atoms with Gasteiger partial charge in [-0.05, 0) is 56.4 Å². The number of ketones is 1. The molecule has 2 nitrogen and oxygen atoms in total. The van der Waals surface area contributed by atoms with Crippen LogP contribution in [-0.2, 0) is 0 Å². The zero-order valence-electron chi connectivity index (χ0n) is 11.8. The summed E-state index contributed by atoms with van der Waals surface area (Å²) in [6, 6.07) is 8.61. The molecule has 0 radical (unpaired) electrons. The van der Waals surface area contributed by atoms with E-state index in [1.54, 1.807) is 6.92 Å². The van der Waals surface area contributed by atoms with Gasteiger partial charge in [-0.15, -0.1) is 0 Å². The summed E-state index contributed by atoms with van der Waals surface area (Å²) in [6.45, 7) is 9.68. The molecule has 0 aromatic heterocycles. The minimum atomic E-state index is 0.134. The third-order valence-electron chi connectivity index (χ3n) is 4.20. The van der Waals surface area contributed by atoms with E-state index in [0.717, 1.165) is 23.9 Å². The minimum Gasteiger partial charge on any atom is -0.368 e. The first kappa shape index (κ1) is 13.1. The monoisotopic (exact) mass is 245 g/mol. The molecule has 1 aromatic rings. The van der Waals surface area contributed by atoms with Crippen molar-refractivity contribution in [2.45, 2.75) is 40.2 Å². The Labute approximate surface area is 110 Å². The Balaban J connectivity index is 2.21. The standard InChI is InChI=1S/C16H23NO/c1-11-9-12(2)13(3)17(10-11)16-7-5-15(6-8-16)14(4)18/h5-8,11-13H,9-10H2,1-4H3. The van der Waals surface area contributed by atoms with Crippen LogP contribution in [-0.4, -0.2) is 18.4 Å². The van der Waals surface area contributed by atoms with Crippen LogP contribution in [0.25, 0.3) is 0 Å². The number of hydrogen-bond acceptors (Lipinski definition) is 2. The number of rotatable bonds is 2. The quantitative estimate of drug-likeness (QED) is 0.739. The van der Waals surface area contributed by atoms with Crippen molar-refractivity contribution >= 4 is 11.5 Å². The van der Waals surface area contributed by atoms with Gasteiger partial charge in [-0.3, -0.25) is 4.79 Å². The van der Waals surface area contributed by atoms with Gasteiger partial charge in [0, 0.05) is 23.8 Å². The van der Waals surface area contributed by atoms with Crippen molar-refractivity contribution in [3.05, 3.63) is 29.8 Å². The lowest BCUT2D eigenvalue weighted by Crippen LogP contribution is -2.45. The largest absolute Gasteiger partial charge is 0.368 e. The van der Waals surface area contributed by atoms with Crippen LogP contribution in [0.2, 0.25) is 0 Å². The van der Waals surface area contributed by atoms with Crippen molar-refractivity contribution in [1.82, 2.24) is 0 Å². The van der Waals surface area contributed by atoms with Crippen LogP contribution < -0.4 is 4.90 Å². The van der Waals surface area contributed by atoms with E-state index in [-0.39, 0.29) is 5.78 Å². The number of carbonyl (C=O) groups excluding carboxylic acids is 1. The summed E-state index contributed by atoms with van der Waals surface area (Å²) in [6.07, 6.45) is 1.31. The van der Waals surface area contributed by atoms with Gasteiger partial charge in [0.15, 0.2) is 5.78 Å². The molecule has 0 N–H and O–H groups in total. The maximum absolute atomic E-state index is 11.3. The second kappa shape index (κ2) is 5.13. The van der Waals surface area contributed by atoms with Gasteiger partial charge < -0.3 is 4.90 Å². The molecule has 1 aliphatic rings. The molecule has 0 saturated carbocycles. The molecule has 2 rings (SSSR count). The molecule has 1 heterocycles. The first-order chi connectivity index (χ1) is 8.49. The molecule has 1 aliphatic heterocycles. The van der Waals surface area contributed by atoms with Crippen molar-refractivity contribution in [1.29, 1.82) is 0 Å². The molecule has 0 amide bonds. The van der Waals surface area contributed by atoms with Crippen molar-refractivity contribution < 1.29 is 4.79 Å². The summed E-state index contributed by atoms with van der Waals surface area (Å²) in [5.41, 5.74) is 2.04. The zero-order valence-corrected chi connectivity index (χ0v) is 11.8. The van der Waals surface area contributed by atoms with Crippen LogP contribution in [0, 0.1) is 11.8 Å². The summed E-state index contributed by atoms with van der Waals surface area (Å²) in [7, 11) is 0. The summed E-state index contributed by atoms with van der Waals surface area (Å²) < 4.78 is 0. The predicted molar refractivity (Wildman–Crippen MR) is 76.2 cm³/mol. The fourth-order valence-corrected chi connectivity index (χ4v) is 2.94. The first-order valence-corrected chi connectivity index (χ1v) is 6.86. The molecule has 2 heteroatoms.